The number of nitrogens with two attached hydrogens (primary N) is 1. The Morgan fingerprint density at radius 2 is 1.55 bits per heavy atom. The summed E-state index contributed by atoms with van der Waals surface area (Å²) in [6.07, 6.45) is 0. The molecule has 0 aliphatic rings. The van der Waals surface area contributed by atoms with E-state index in [0.717, 1.165) is 0 Å². The van der Waals surface area contributed by atoms with E-state index in [1.165, 1.54) is 0 Å². The van der Waals surface area contributed by atoms with Gasteiger partial charge in [-0.05, 0) is 5.41 Å². The summed E-state index contributed by atoms with van der Waals surface area (Å²) in [5, 5.41) is 0. The van der Waals surface area contributed by atoms with Crippen LogP contribution in [0, 0.1) is 11.3 Å². The van der Waals surface area contributed by atoms with Crippen LogP contribution in [0.4, 0.5) is 0 Å². The van der Waals surface area contributed by atoms with Crippen LogP contribution in [-0.4, -0.2) is 5.91 Å². The van der Waals surface area contributed by atoms with E-state index in [4.69, 9.17) is 5.73 Å². The van der Waals surface area contributed by atoms with Crippen LogP contribution in [-0.2, 0) is 4.79 Å². The van der Waals surface area contributed by atoms with Gasteiger partial charge in [-0.15, -0.1) is 0 Å². The molecule has 0 aromatic rings. The molecule has 0 rings (SSSR count). The molecular formula is C9H21NO. The second-order valence-corrected chi connectivity index (χ2v) is 3.49. The fourth-order valence-electron chi connectivity index (χ4n) is 0.427. The molecule has 1 unspecified atom stereocenters. The second-order valence-electron chi connectivity index (χ2n) is 3.49. The van der Waals surface area contributed by atoms with Gasteiger partial charge in [0.15, 0.2) is 0 Å². The molecule has 0 spiro atoms. The largest absolute Gasteiger partial charge is 0.369 e. The molecule has 0 aliphatic carbocycles. The summed E-state index contributed by atoms with van der Waals surface area (Å²) in [5.74, 6) is -0.264. The van der Waals surface area contributed by atoms with Crippen LogP contribution in [0.1, 0.15) is 41.5 Å². The van der Waals surface area contributed by atoms with E-state index >= 15 is 0 Å². The average molecular weight is 159 g/mol. The Morgan fingerprint density at radius 3 is 1.55 bits per heavy atom. The topological polar surface area (TPSA) is 43.1 Å². The van der Waals surface area contributed by atoms with Crippen LogP contribution in [0.2, 0.25) is 0 Å². The van der Waals surface area contributed by atoms with Crippen LogP contribution >= 0.6 is 0 Å². The molecule has 0 aliphatic heterocycles. The zero-order chi connectivity index (χ0) is 9.65. The number of rotatable bonds is 1. The van der Waals surface area contributed by atoms with Crippen molar-refractivity contribution in [3.05, 3.63) is 0 Å². The molecule has 0 bridgehead atoms. The van der Waals surface area contributed by atoms with E-state index in [0.29, 0.717) is 0 Å². The molecular weight excluding hydrogens is 138 g/mol. The molecule has 1 amide bonds. The van der Waals surface area contributed by atoms with E-state index in [1.54, 1.807) is 0 Å². The third kappa shape index (κ3) is 5.89. The lowest BCUT2D eigenvalue weighted by Crippen LogP contribution is -2.31. The van der Waals surface area contributed by atoms with Gasteiger partial charge in [-0.1, -0.05) is 41.5 Å². The normalized spacial score (nSPS) is 12.9. The van der Waals surface area contributed by atoms with Crippen LogP contribution in [0.15, 0.2) is 0 Å². The van der Waals surface area contributed by atoms with Gasteiger partial charge >= 0.3 is 0 Å². The van der Waals surface area contributed by atoms with E-state index in [1.807, 2.05) is 41.5 Å². The summed E-state index contributed by atoms with van der Waals surface area (Å²) in [7, 11) is 0. The minimum absolute atomic E-state index is 0.00579. The molecule has 11 heavy (non-hydrogen) atoms. The highest BCUT2D eigenvalue weighted by Crippen LogP contribution is 2.24. The van der Waals surface area contributed by atoms with Crippen molar-refractivity contribution < 1.29 is 4.79 Å². The number of hydrogen-bond donors (Lipinski definition) is 1. The van der Waals surface area contributed by atoms with Gasteiger partial charge in [0.1, 0.15) is 0 Å². The average Bonchev–Trinajstić information content (AvgIpc) is 1.89. The fourth-order valence-corrected chi connectivity index (χ4v) is 0.427. The van der Waals surface area contributed by atoms with Gasteiger partial charge in [-0.3, -0.25) is 4.79 Å². The standard InChI is InChI=1S/C7H15NO.C2H6/c1-5(6(8)9)7(2,3)4;1-2/h5H,1-4H3,(H2,8,9);1-2H3. The highest BCUT2D eigenvalue weighted by molar-refractivity contribution is 5.76. The Hall–Kier alpha value is -0.530. The third-order valence-corrected chi connectivity index (χ3v) is 1.73. The van der Waals surface area contributed by atoms with Crippen molar-refractivity contribution >= 4 is 5.91 Å². The highest BCUT2D eigenvalue weighted by atomic mass is 16.1. The zero-order valence-electron chi connectivity index (χ0n) is 8.56. The van der Waals surface area contributed by atoms with Crippen molar-refractivity contribution in [2.45, 2.75) is 41.5 Å². The summed E-state index contributed by atoms with van der Waals surface area (Å²) in [6.45, 7) is 11.9. The molecule has 0 radical (unpaired) electrons. The zero-order valence-corrected chi connectivity index (χ0v) is 8.56. The van der Waals surface area contributed by atoms with Gasteiger partial charge in [0.05, 0.1) is 0 Å². The number of amides is 1. The molecule has 1 atom stereocenters. The maximum Gasteiger partial charge on any atom is 0.220 e. The molecule has 2 heteroatoms. The van der Waals surface area contributed by atoms with Gasteiger partial charge in [0.2, 0.25) is 5.91 Å². The third-order valence-electron chi connectivity index (χ3n) is 1.73. The second kappa shape index (κ2) is 5.16. The lowest BCUT2D eigenvalue weighted by Gasteiger charge is -2.23. The SMILES string of the molecule is CC.CC(C(N)=O)C(C)(C)C. The van der Waals surface area contributed by atoms with Crippen molar-refractivity contribution in [2.75, 3.05) is 0 Å². The van der Waals surface area contributed by atoms with Crippen molar-refractivity contribution in [3.63, 3.8) is 0 Å². The summed E-state index contributed by atoms with van der Waals surface area (Å²) in [5.41, 5.74) is 5.09. The first-order valence-electron chi connectivity index (χ1n) is 4.15. The Balaban J connectivity index is 0. The number of primary amides is 1. The molecule has 0 aromatic carbocycles. The molecule has 2 nitrogen and oxygen atoms in total. The van der Waals surface area contributed by atoms with Crippen LogP contribution in [0.3, 0.4) is 0 Å². The summed E-state index contributed by atoms with van der Waals surface area (Å²) < 4.78 is 0. The van der Waals surface area contributed by atoms with Crippen molar-refractivity contribution in [1.82, 2.24) is 0 Å². The van der Waals surface area contributed by atoms with E-state index in [-0.39, 0.29) is 17.2 Å². The van der Waals surface area contributed by atoms with Crippen LogP contribution < -0.4 is 5.73 Å². The first kappa shape index (κ1) is 13.1. The fraction of sp³-hybridized carbons (Fsp3) is 0.889. The molecule has 0 heterocycles. The summed E-state index contributed by atoms with van der Waals surface area (Å²) in [6, 6.07) is 0. The molecule has 68 valence electrons. The highest BCUT2D eigenvalue weighted by Gasteiger charge is 2.24. The van der Waals surface area contributed by atoms with E-state index in [2.05, 4.69) is 0 Å². The van der Waals surface area contributed by atoms with Crippen molar-refractivity contribution in [3.8, 4) is 0 Å². The lowest BCUT2D eigenvalue weighted by atomic mass is 9.82. The van der Waals surface area contributed by atoms with Gasteiger partial charge < -0.3 is 5.73 Å². The van der Waals surface area contributed by atoms with Gasteiger partial charge in [-0.25, -0.2) is 0 Å². The number of carbonyl (C=O) groups is 1. The van der Waals surface area contributed by atoms with Crippen LogP contribution in [0.5, 0.6) is 0 Å². The Morgan fingerprint density at radius 1 is 1.27 bits per heavy atom. The van der Waals surface area contributed by atoms with Crippen LogP contribution in [0.25, 0.3) is 0 Å². The molecule has 0 aromatic heterocycles. The number of hydrogen-bond acceptors (Lipinski definition) is 1. The van der Waals surface area contributed by atoms with E-state index in [9.17, 15) is 4.79 Å². The molecule has 0 saturated heterocycles. The minimum Gasteiger partial charge on any atom is -0.369 e. The predicted octanol–water partition coefficient (Wildman–Crippen LogP) is 2.18. The molecule has 2 N–H and O–H groups in total. The molecule has 0 fully saturated rings. The van der Waals surface area contributed by atoms with E-state index < -0.39 is 0 Å². The Kier molecular flexibility index (Phi) is 6.14. The monoisotopic (exact) mass is 159 g/mol. The summed E-state index contributed by atoms with van der Waals surface area (Å²) in [4.78, 5) is 10.6. The smallest absolute Gasteiger partial charge is 0.220 e. The van der Waals surface area contributed by atoms with Crippen molar-refractivity contribution in [1.29, 1.82) is 0 Å². The van der Waals surface area contributed by atoms with Gasteiger partial charge in [0.25, 0.3) is 0 Å². The summed E-state index contributed by atoms with van der Waals surface area (Å²) >= 11 is 0. The lowest BCUT2D eigenvalue weighted by molar-refractivity contribution is -0.124. The predicted molar refractivity (Wildman–Crippen MR) is 49.2 cm³/mol. The van der Waals surface area contributed by atoms with Gasteiger partial charge in [-0.2, -0.15) is 0 Å². The number of carbonyl (C=O) groups excluding carboxylic acids is 1. The maximum absolute atomic E-state index is 10.6. The first-order valence-corrected chi connectivity index (χ1v) is 4.15. The quantitative estimate of drug-likeness (QED) is 0.626. The minimum atomic E-state index is -0.220. The Labute approximate surface area is 70.2 Å². The van der Waals surface area contributed by atoms with Gasteiger partial charge in [0, 0.05) is 5.92 Å². The first-order chi connectivity index (χ1) is 4.85. The Bertz CT molecular complexity index is 113. The molecule has 0 saturated carbocycles. The maximum atomic E-state index is 10.6. The van der Waals surface area contributed by atoms with Crippen molar-refractivity contribution in [2.24, 2.45) is 17.1 Å².